The summed E-state index contributed by atoms with van der Waals surface area (Å²) in [5.74, 6) is 1.94. The SMILES string of the molecule is CCc1ccc(C2C(C)C(N)C2C)cc1. The van der Waals surface area contributed by atoms with E-state index >= 15 is 0 Å². The molecule has 15 heavy (non-hydrogen) atoms. The van der Waals surface area contributed by atoms with Gasteiger partial charge in [-0.15, -0.1) is 0 Å². The molecule has 0 saturated heterocycles. The lowest BCUT2D eigenvalue weighted by Crippen LogP contribution is -2.52. The van der Waals surface area contributed by atoms with Crippen molar-refractivity contribution in [2.75, 3.05) is 0 Å². The first-order chi connectivity index (χ1) is 7.15. The van der Waals surface area contributed by atoms with Crippen LogP contribution in [0.3, 0.4) is 0 Å². The van der Waals surface area contributed by atoms with Crippen LogP contribution in [0, 0.1) is 11.8 Å². The Bertz CT molecular complexity index is 318. The van der Waals surface area contributed by atoms with Crippen molar-refractivity contribution in [1.29, 1.82) is 0 Å². The van der Waals surface area contributed by atoms with Crippen LogP contribution in [0.1, 0.15) is 37.8 Å². The molecule has 0 heterocycles. The minimum Gasteiger partial charge on any atom is -0.327 e. The van der Waals surface area contributed by atoms with Gasteiger partial charge in [-0.05, 0) is 35.3 Å². The lowest BCUT2D eigenvalue weighted by molar-refractivity contribution is 0.130. The highest BCUT2D eigenvalue weighted by atomic mass is 14.7. The molecular weight excluding hydrogens is 182 g/mol. The zero-order valence-electron chi connectivity index (χ0n) is 9.90. The third-order valence-electron chi connectivity index (χ3n) is 4.12. The summed E-state index contributed by atoms with van der Waals surface area (Å²) in [7, 11) is 0. The number of hydrogen-bond donors (Lipinski definition) is 1. The summed E-state index contributed by atoms with van der Waals surface area (Å²) in [5.41, 5.74) is 8.94. The molecule has 82 valence electrons. The van der Waals surface area contributed by atoms with Gasteiger partial charge in [0.05, 0.1) is 0 Å². The van der Waals surface area contributed by atoms with Crippen molar-refractivity contribution in [2.45, 2.75) is 39.2 Å². The van der Waals surface area contributed by atoms with Crippen molar-refractivity contribution in [3.05, 3.63) is 35.4 Å². The molecule has 2 rings (SSSR count). The molecule has 0 spiro atoms. The molecule has 0 bridgehead atoms. The van der Waals surface area contributed by atoms with Crippen molar-refractivity contribution in [3.8, 4) is 0 Å². The van der Waals surface area contributed by atoms with Crippen molar-refractivity contribution in [2.24, 2.45) is 17.6 Å². The van der Waals surface area contributed by atoms with Gasteiger partial charge in [0.25, 0.3) is 0 Å². The third kappa shape index (κ3) is 1.69. The van der Waals surface area contributed by atoms with Crippen LogP contribution in [0.4, 0.5) is 0 Å². The van der Waals surface area contributed by atoms with E-state index in [4.69, 9.17) is 5.73 Å². The van der Waals surface area contributed by atoms with Crippen molar-refractivity contribution in [1.82, 2.24) is 0 Å². The Balaban J connectivity index is 2.16. The lowest BCUT2D eigenvalue weighted by Gasteiger charge is -2.47. The van der Waals surface area contributed by atoms with Crippen LogP contribution in [0.5, 0.6) is 0 Å². The van der Waals surface area contributed by atoms with Crippen LogP contribution in [-0.4, -0.2) is 6.04 Å². The average Bonchev–Trinajstić information content (AvgIpc) is 2.30. The molecule has 2 atom stereocenters. The van der Waals surface area contributed by atoms with Gasteiger partial charge in [0, 0.05) is 6.04 Å². The van der Waals surface area contributed by atoms with Crippen LogP contribution in [0.25, 0.3) is 0 Å². The van der Waals surface area contributed by atoms with Gasteiger partial charge in [0.15, 0.2) is 0 Å². The monoisotopic (exact) mass is 203 g/mol. The quantitative estimate of drug-likeness (QED) is 0.785. The standard InChI is InChI=1S/C14H21N/c1-4-11-5-7-12(8-6-11)13-9(2)14(15)10(13)3/h5-10,13-14H,4,15H2,1-3H3. The molecular formula is C14H21N. The summed E-state index contributed by atoms with van der Waals surface area (Å²) in [6.45, 7) is 6.73. The normalized spacial score (nSPS) is 34.9. The van der Waals surface area contributed by atoms with Gasteiger partial charge < -0.3 is 5.73 Å². The van der Waals surface area contributed by atoms with Crippen LogP contribution >= 0.6 is 0 Å². The van der Waals surface area contributed by atoms with E-state index in [1.54, 1.807) is 0 Å². The molecule has 0 aromatic heterocycles. The van der Waals surface area contributed by atoms with E-state index in [-0.39, 0.29) is 0 Å². The number of nitrogens with two attached hydrogens (primary N) is 1. The topological polar surface area (TPSA) is 26.0 Å². The second-order valence-corrected chi connectivity index (χ2v) is 4.92. The van der Waals surface area contributed by atoms with Gasteiger partial charge in [-0.25, -0.2) is 0 Å². The zero-order valence-corrected chi connectivity index (χ0v) is 9.90. The number of benzene rings is 1. The van der Waals surface area contributed by atoms with Gasteiger partial charge in [0.1, 0.15) is 0 Å². The van der Waals surface area contributed by atoms with Crippen molar-refractivity contribution < 1.29 is 0 Å². The fourth-order valence-corrected chi connectivity index (χ4v) is 2.87. The Labute approximate surface area is 92.7 Å². The maximum absolute atomic E-state index is 6.05. The molecule has 1 aliphatic rings. The first kappa shape index (κ1) is 10.7. The van der Waals surface area contributed by atoms with Crippen molar-refractivity contribution >= 4 is 0 Å². The maximum Gasteiger partial charge on any atom is 0.0102 e. The fraction of sp³-hybridized carbons (Fsp3) is 0.571. The lowest BCUT2D eigenvalue weighted by atomic mass is 9.60. The Hall–Kier alpha value is -0.820. The van der Waals surface area contributed by atoms with E-state index in [2.05, 4.69) is 45.0 Å². The van der Waals surface area contributed by atoms with Crippen LogP contribution in [0.2, 0.25) is 0 Å². The molecule has 1 saturated carbocycles. The van der Waals surface area contributed by atoms with Gasteiger partial charge in [-0.3, -0.25) is 0 Å². The Morgan fingerprint density at radius 3 is 2.07 bits per heavy atom. The van der Waals surface area contributed by atoms with Gasteiger partial charge in [-0.2, -0.15) is 0 Å². The predicted molar refractivity (Wildman–Crippen MR) is 64.9 cm³/mol. The summed E-state index contributed by atoms with van der Waals surface area (Å²) in [5, 5.41) is 0. The number of hydrogen-bond acceptors (Lipinski definition) is 1. The second-order valence-electron chi connectivity index (χ2n) is 4.92. The molecule has 1 nitrogen and oxygen atoms in total. The van der Waals surface area contributed by atoms with Crippen LogP contribution < -0.4 is 5.73 Å². The summed E-state index contributed by atoms with van der Waals surface area (Å²) < 4.78 is 0. The Morgan fingerprint density at radius 1 is 1.07 bits per heavy atom. The van der Waals surface area contributed by atoms with Gasteiger partial charge in [0.2, 0.25) is 0 Å². The second kappa shape index (κ2) is 3.97. The van der Waals surface area contributed by atoms with Gasteiger partial charge >= 0.3 is 0 Å². The molecule has 1 aliphatic carbocycles. The van der Waals surface area contributed by atoms with E-state index in [0.29, 0.717) is 23.8 Å². The highest BCUT2D eigenvalue weighted by Crippen LogP contribution is 2.46. The van der Waals surface area contributed by atoms with E-state index < -0.39 is 0 Å². The predicted octanol–water partition coefficient (Wildman–Crippen LogP) is 2.95. The smallest absolute Gasteiger partial charge is 0.0102 e. The van der Waals surface area contributed by atoms with Gasteiger partial charge in [-0.1, -0.05) is 45.0 Å². The molecule has 2 unspecified atom stereocenters. The number of aryl methyl sites for hydroxylation is 1. The van der Waals surface area contributed by atoms with Crippen LogP contribution in [0.15, 0.2) is 24.3 Å². The minimum atomic E-state index is 0.390. The molecule has 1 aromatic rings. The van der Waals surface area contributed by atoms with Crippen LogP contribution in [-0.2, 0) is 6.42 Å². The largest absolute Gasteiger partial charge is 0.327 e. The highest BCUT2D eigenvalue weighted by Gasteiger charge is 2.43. The van der Waals surface area contributed by atoms with E-state index in [9.17, 15) is 0 Å². The molecule has 0 amide bonds. The summed E-state index contributed by atoms with van der Waals surface area (Å²) >= 11 is 0. The third-order valence-corrected chi connectivity index (χ3v) is 4.12. The first-order valence-corrected chi connectivity index (χ1v) is 5.99. The molecule has 0 aliphatic heterocycles. The van der Waals surface area contributed by atoms with E-state index in [1.807, 2.05) is 0 Å². The Kier molecular flexibility index (Phi) is 2.83. The summed E-state index contributed by atoms with van der Waals surface area (Å²) in [6, 6.07) is 9.45. The zero-order chi connectivity index (χ0) is 11.0. The maximum atomic E-state index is 6.05. The average molecular weight is 203 g/mol. The summed E-state index contributed by atoms with van der Waals surface area (Å²) in [6.07, 6.45) is 1.12. The minimum absolute atomic E-state index is 0.390. The summed E-state index contributed by atoms with van der Waals surface area (Å²) in [4.78, 5) is 0. The number of rotatable bonds is 2. The molecule has 1 aromatic carbocycles. The molecule has 1 heteroatoms. The van der Waals surface area contributed by atoms with E-state index in [1.165, 1.54) is 11.1 Å². The van der Waals surface area contributed by atoms with Crippen molar-refractivity contribution in [3.63, 3.8) is 0 Å². The van der Waals surface area contributed by atoms with E-state index in [0.717, 1.165) is 6.42 Å². The fourth-order valence-electron chi connectivity index (χ4n) is 2.87. The first-order valence-electron chi connectivity index (χ1n) is 5.99. The molecule has 1 fully saturated rings. The molecule has 0 radical (unpaired) electrons. The molecule has 2 N–H and O–H groups in total. The highest BCUT2D eigenvalue weighted by molar-refractivity contribution is 5.29. The Morgan fingerprint density at radius 2 is 1.60 bits per heavy atom.